The standard InChI is InChI=1S/C9H20N2O/c1-3-10-7-9(2,12)8-5-4-6-11-8/h8,10-12H,3-7H2,1-2H3. The lowest BCUT2D eigenvalue weighted by molar-refractivity contribution is 0.0268. The van der Waals surface area contributed by atoms with Crippen molar-refractivity contribution in [1.29, 1.82) is 0 Å². The lowest BCUT2D eigenvalue weighted by Crippen LogP contribution is -2.51. The summed E-state index contributed by atoms with van der Waals surface area (Å²) in [6.07, 6.45) is 2.28. The quantitative estimate of drug-likeness (QED) is 0.563. The Morgan fingerprint density at radius 3 is 2.92 bits per heavy atom. The molecule has 0 aromatic rings. The molecule has 72 valence electrons. The summed E-state index contributed by atoms with van der Waals surface area (Å²) < 4.78 is 0. The first kappa shape index (κ1) is 9.96. The molecule has 1 heterocycles. The van der Waals surface area contributed by atoms with Crippen molar-refractivity contribution in [1.82, 2.24) is 10.6 Å². The number of hydrogen-bond acceptors (Lipinski definition) is 3. The smallest absolute Gasteiger partial charge is 0.0895 e. The van der Waals surface area contributed by atoms with Gasteiger partial charge in [-0.1, -0.05) is 6.92 Å². The molecule has 0 bridgehead atoms. The first-order valence-electron chi connectivity index (χ1n) is 4.83. The van der Waals surface area contributed by atoms with E-state index in [1.165, 1.54) is 6.42 Å². The van der Waals surface area contributed by atoms with Crippen LogP contribution >= 0.6 is 0 Å². The van der Waals surface area contributed by atoms with Crippen LogP contribution in [-0.2, 0) is 0 Å². The highest BCUT2D eigenvalue weighted by atomic mass is 16.3. The Bertz CT molecular complexity index is 130. The van der Waals surface area contributed by atoms with E-state index >= 15 is 0 Å². The van der Waals surface area contributed by atoms with E-state index in [0.29, 0.717) is 6.54 Å². The Morgan fingerprint density at radius 1 is 1.67 bits per heavy atom. The molecule has 0 aromatic heterocycles. The Labute approximate surface area is 74.5 Å². The minimum atomic E-state index is -0.591. The third kappa shape index (κ3) is 2.44. The number of aliphatic hydroxyl groups is 1. The Balaban J connectivity index is 2.34. The highest BCUT2D eigenvalue weighted by Crippen LogP contribution is 2.17. The van der Waals surface area contributed by atoms with Gasteiger partial charge in [-0.05, 0) is 32.9 Å². The SMILES string of the molecule is CCNCC(C)(O)C1CCCN1. The third-order valence-corrected chi connectivity index (χ3v) is 2.54. The fourth-order valence-electron chi connectivity index (χ4n) is 1.72. The van der Waals surface area contributed by atoms with Crippen LogP contribution < -0.4 is 10.6 Å². The molecule has 0 amide bonds. The average Bonchev–Trinajstić information content (AvgIpc) is 2.53. The van der Waals surface area contributed by atoms with E-state index in [1.54, 1.807) is 0 Å². The van der Waals surface area contributed by atoms with Crippen molar-refractivity contribution in [2.45, 2.75) is 38.3 Å². The van der Waals surface area contributed by atoms with E-state index in [4.69, 9.17) is 0 Å². The lowest BCUT2D eigenvalue weighted by Gasteiger charge is -2.30. The molecule has 2 atom stereocenters. The highest BCUT2D eigenvalue weighted by Gasteiger charge is 2.32. The number of hydrogen-bond donors (Lipinski definition) is 3. The van der Waals surface area contributed by atoms with Crippen molar-refractivity contribution in [3.05, 3.63) is 0 Å². The zero-order chi connectivity index (χ0) is 9.03. The molecule has 1 aliphatic heterocycles. The normalized spacial score (nSPS) is 28.8. The molecule has 1 fully saturated rings. The second-order valence-corrected chi connectivity index (χ2v) is 3.79. The predicted molar refractivity (Wildman–Crippen MR) is 50.2 cm³/mol. The molecule has 2 unspecified atom stereocenters. The molecule has 0 spiro atoms. The van der Waals surface area contributed by atoms with Crippen molar-refractivity contribution < 1.29 is 5.11 Å². The molecule has 0 saturated carbocycles. The first-order chi connectivity index (χ1) is 5.67. The molecular formula is C9H20N2O. The summed E-state index contributed by atoms with van der Waals surface area (Å²) in [5.41, 5.74) is -0.591. The van der Waals surface area contributed by atoms with Crippen LogP contribution in [0.5, 0.6) is 0 Å². The summed E-state index contributed by atoms with van der Waals surface area (Å²) in [5, 5.41) is 16.5. The molecule has 3 nitrogen and oxygen atoms in total. The molecule has 0 aromatic carbocycles. The molecule has 1 aliphatic rings. The Morgan fingerprint density at radius 2 is 2.42 bits per heavy atom. The van der Waals surface area contributed by atoms with Gasteiger partial charge in [-0.15, -0.1) is 0 Å². The Hall–Kier alpha value is -0.120. The van der Waals surface area contributed by atoms with Gasteiger partial charge in [-0.3, -0.25) is 0 Å². The van der Waals surface area contributed by atoms with Crippen molar-refractivity contribution in [2.75, 3.05) is 19.6 Å². The molecule has 3 heteroatoms. The van der Waals surface area contributed by atoms with Crippen molar-refractivity contribution in [3.63, 3.8) is 0 Å². The molecule has 0 aliphatic carbocycles. The van der Waals surface area contributed by atoms with Gasteiger partial charge in [0.25, 0.3) is 0 Å². The first-order valence-corrected chi connectivity index (χ1v) is 4.83. The predicted octanol–water partition coefficient (Wildman–Crippen LogP) is 0.0989. The van der Waals surface area contributed by atoms with Gasteiger partial charge < -0.3 is 15.7 Å². The molecule has 1 rings (SSSR count). The minimum Gasteiger partial charge on any atom is -0.387 e. The van der Waals surface area contributed by atoms with Gasteiger partial charge >= 0.3 is 0 Å². The van der Waals surface area contributed by atoms with Crippen LogP contribution in [0, 0.1) is 0 Å². The van der Waals surface area contributed by atoms with Crippen LogP contribution in [0.2, 0.25) is 0 Å². The highest BCUT2D eigenvalue weighted by molar-refractivity contribution is 4.92. The monoisotopic (exact) mass is 172 g/mol. The average molecular weight is 172 g/mol. The van der Waals surface area contributed by atoms with Gasteiger partial charge in [-0.25, -0.2) is 0 Å². The molecule has 12 heavy (non-hydrogen) atoms. The van der Waals surface area contributed by atoms with Crippen LogP contribution in [0.25, 0.3) is 0 Å². The number of rotatable bonds is 4. The van der Waals surface area contributed by atoms with Crippen LogP contribution in [0.3, 0.4) is 0 Å². The maximum atomic E-state index is 10.0. The summed E-state index contributed by atoms with van der Waals surface area (Å²) >= 11 is 0. The van der Waals surface area contributed by atoms with Crippen LogP contribution in [0.4, 0.5) is 0 Å². The van der Waals surface area contributed by atoms with Crippen molar-refractivity contribution in [2.24, 2.45) is 0 Å². The molecule has 1 saturated heterocycles. The number of likely N-dealkylation sites (N-methyl/N-ethyl adjacent to an activating group) is 1. The van der Waals surface area contributed by atoms with E-state index < -0.39 is 5.60 Å². The Kier molecular flexibility index (Phi) is 3.50. The van der Waals surface area contributed by atoms with E-state index in [1.807, 2.05) is 6.92 Å². The molecule has 3 N–H and O–H groups in total. The van der Waals surface area contributed by atoms with Crippen LogP contribution in [0.15, 0.2) is 0 Å². The second kappa shape index (κ2) is 4.21. The summed E-state index contributed by atoms with van der Waals surface area (Å²) in [6.45, 7) is 6.60. The fraction of sp³-hybridized carbons (Fsp3) is 1.00. The summed E-state index contributed by atoms with van der Waals surface area (Å²) in [5.74, 6) is 0. The zero-order valence-corrected chi connectivity index (χ0v) is 8.06. The number of nitrogens with one attached hydrogen (secondary N) is 2. The maximum absolute atomic E-state index is 10.0. The summed E-state index contributed by atoms with van der Waals surface area (Å²) in [7, 11) is 0. The third-order valence-electron chi connectivity index (χ3n) is 2.54. The van der Waals surface area contributed by atoms with Crippen molar-refractivity contribution >= 4 is 0 Å². The lowest BCUT2D eigenvalue weighted by atomic mass is 9.95. The van der Waals surface area contributed by atoms with E-state index in [0.717, 1.165) is 19.5 Å². The maximum Gasteiger partial charge on any atom is 0.0895 e. The van der Waals surface area contributed by atoms with Crippen molar-refractivity contribution in [3.8, 4) is 0 Å². The van der Waals surface area contributed by atoms with Gasteiger partial charge in [0, 0.05) is 12.6 Å². The van der Waals surface area contributed by atoms with Gasteiger partial charge in [0.1, 0.15) is 0 Å². The summed E-state index contributed by atoms with van der Waals surface area (Å²) in [6, 6.07) is 0.275. The van der Waals surface area contributed by atoms with Gasteiger partial charge in [0.05, 0.1) is 5.60 Å². The van der Waals surface area contributed by atoms with E-state index in [2.05, 4.69) is 17.6 Å². The fourth-order valence-corrected chi connectivity index (χ4v) is 1.72. The largest absolute Gasteiger partial charge is 0.387 e. The molecular weight excluding hydrogens is 152 g/mol. The van der Waals surface area contributed by atoms with E-state index in [9.17, 15) is 5.11 Å². The minimum absolute atomic E-state index is 0.275. The van der Waals surface area contributed by atoms with Gasteiger partial charge in [-0.2, -0.15) is 0 Å². The topological polar surface area (TPSA) is 44.3 Å². The zero-order valence-electron chi connectivity index (χ0n) is 8.06. The van der Waals surface area contributed by atoms with Crippen LogP contribution in [0.1, 0.15) is 26.7 Å². The summed E-state index contributed by atoms with van der Waals surface area (Å²) in [4.78, 5) is 0. The van der Waals surface area contributed by atoms with E-state index in [-0.39, 0.29) is 6.04 Å². The molecule has 0 radical (unpaired) electrons. The van der Waals surface area contributed by atoms with Gasteiger partial charge in [0.2, 0.25) is 0 Å². The van der Waals surface area contributed by atoms with Gasteiger partial charge in [0.15, 0.2) is 0 Å². The second-order valence-electron chi connectivity index (χ2n) is 3.79. The van der Waals surface area contributed by atoms with Crippen LogP contribution in [-0.4, -0.2) is 36.4 Å².